The molecule has 0 spiro atoms. The standard InChI is InChI=1S/C25H27N5O5/c1-16(10-23(31)26-12-17-13-30(29-28-17)14-24(32)33)11-27-25(34)35-15-22-20-8-4-2-6-18(20)19-7-3-5-9-21(19)22/h2-9,13,16,22H,10-12,14-15H2,1H3,(H,26,31)(H,27,34)(H,32,33). The Hall–Kier alpha value is -4.21. The van der Waals surface area contributed by atoms with Crippen molar-refractivity contribution in [2.45, 2.75) is 32.4 Å². The molecule has 0 radical (unpaired) electrons. The highest BCUT2D eigenvalue weighted by molar-refractivity contribution is 5.79. The molecule has 35 heavy (non-hydrogen) atoms. The normalized spacial score (nSPS) is 12.9. The van der Waals surface area contributed by atoms with Crippen LogP contribution in [0.2, 0.25) is 0 Å². The number of benzene rings is 2. The first-order chi connectivity index (χ1) is 16.9. The van der Waals surface area contributed by atoms with E-state index in [9.17, 15) is 14.4 Å². The van der Waals surface area contributed by atoms with Crippen molar-refractivity contribution in [1.82, 2.24) is 25.6 Å². The molecule has 10 nitrogen and oxygen atoms in total. The Morgan fingerprint density at radius 2 is 1.71 bits per heavy atom. The molecule has 182 valence electrons. The molecule has 0 fully saturated rings. The third-order valence-corrected chi connectivity index (χ3v) is 5.82. The fourth-order valence-electron chi connectivity index (χ4n) is 4.19. The monoisotopic (exact) mass is 477 g/mol. The topological polar surface area (TPSA) is 135 Å². The third-order valence-electron chi connectivity index (χ3n) is 5.82. The van der Waals surface area contributed by atoms with Crippen LogP contribution in [0.25, 0.3) is 11.1 Å². The average Bonchev–Trinajstić information content (AvgIpc) is 3.41. The van der Waals surface area contributed by atoms with Gasteiger partial charge in [0.1, 0.15) is 18.8 Å². The predicted octanol–water partition coefficient (Wildman–Crippen LogP) is 2.54. The Labute approximate surface area is 202 Å². The molecule has 0 saturated carbocycles. The number of nitrogens with one attached hydrogen (secondary N) is 2. The minimum Gasteiger partial charge on any atom is -0.480 e. The average molecular weight is 478 g/mol. The van der Waals surface area contributed by atoms with E-state index in [0.717, 1.165) is 11.1 Å². The van der Waals surface area contributed by atoms with Crippen LogP contribution < -0.4 is 10.6 Å². The lowest BCUT2D eigenvalue weighted by molar-refractivity contribution is -0.138. The van der Waals surface area contributed by atoms with Crippen LogP contribution in [0, 0.1) is 5.92 Å². The minimum absolute atomic E-state index is 0.00943. The maximum Gasteiger partial charge on any atom is 0.407 e. The number of alkyl carbamates (subject to hydrolysis) is 1. The number of aliphatic carboxylic acids is 1. The number of hydrogen-bond acceptors (Lipinski definition) is 6. The van der Waals surface area contributed by atoms with Gasteiger partial charge < -0.3 is 20.5 Å². The van der Waals surface area contributed by atoms with Crippen molar-refractivity contribution in [3.8, 4) is 11.1 Å². The Morgan fingerprint density at radius 3 is 2.37 bits per heavy atom. The highest BCUT2D eigenvalue weighted by Gasteiger charge is 2.29. The summed E-state index contributed by atoms with van der Waals surface area (Å²) in [6.45, 7) is 2.23. The van der Waals surface area contributed by atoms with E-state index in [4.69, 9.17) is 9.84 Å². The molecule has 10 heteroatoms. The predicted molar refractivity (Wildman–Crippen MR) is 126 cm³/mol. The molecule has 2 amide bonds. The summed E-state index contributed by atoms with van der Waals surface area (Å²) < 4.78 is 6.71. The third kappa shape index (κ3) is 6.03. The fourth-order valence-corrected chi connectivity index (χ4v) is 4.19. The molecule has 1 atom stereocenters. The van der Waals surface area contributed by atoms with Crippen LogP contribution in [-0.2, 0) is 27.4 Å². The summed E-state index contributed by atoms with van der Waals surface area (Å²) >= 11 is 0. The van der Waals surface area contributed by atoms with Gasteiger partial charge >= 0.3 is 12.1 Å². The first kappa shape index (κ1) is 23.9. The summed E-state index contributed by atoms with van der Waals surface area (Å²) in [5.74, 6) is -1.36. The van der Waals surface area contributed by atoms with Crippen LogP contribution in [0.15, 0.2) is 54.7 Å². The molecule has 1 unspecified atom stereocenters. The van der Waals surface area contributed by atoms with E-state index in [-0.39, 0.29) is 43.9 Å². The van der Waals surface area contributed by atoms with E-state index in [2.05, 4.69) is 45.2 Å². The number of fused-ring (bicyclic) bond motifs is 3. The summed E-state index contributed by atoms with van der Waals surface area (Å²) in [4.78, 5) is 35.2. The van der Waals surface area contributed by atoms with Crippen LogP contribution in [0.3, 0.4) is 0 Å². The van der Waals surface area contributed by atoms with Gasteiger partial charge in [0.15, 0.2) is 0 Å². The van der Waals surface area contributed by atoms with Crippen molar-refractivity contribution in [1.29, 1.82) is 0 Å². The number of rotatable bonds is 10. The van der Waals surface area contributed by atoms with Crippen LogP contribution in [0.5, 0.6) is 0 Å². The molecule has 1 heterocycles. The van der Waals surface area contributed by atoms with E-state index >= 15 is 0 Å². The van der Waals surface area contributed by atoms with Crippen LogP contribution in [0.1, 0.15) is 36.1 Å². The highest BCUT2D eigenvalue weighted by Crippen LogP contribution is 2.44. The van der Waals surface area contributed by atoms with E-state index in [1.54, 1.807) is 0 Å². The SMILES string of the molecule is CC(CNC(=O)OCC1c2ccccc2-c2ccccc21)CC(=O)NCc1cn(CC(=O)O)nn1. The maximum atomic E-state index is 12.3. The first-order valence-corrected chi connectivity index (χ1v) is 11.4. The summed E-state index contributed by atoms with van der Waals surface area (Å²) in [6.07, 6.45) is 1.15. The second-order valence-corrected chi connectivity index (χ2v) is 8.59. The molecule has 3 N–H and O–H groups in total. The zero-order valence-electron chi connectivity index (χ0n) is 19.3. The summed E-state index contributed by atoms with van der Waals surface area (Å²) in [5.41, 5.74) is 5.09. The lowest BCUT2D eigenvalue weighted by atomic mass is 9.98. The molecule has 1 aliphatic carbocycles. The van der Waals surface area contributed by atoms with Crippen LogP contribution in [0.4, 0.5) is 4.79 Å². The van der Waals surface area contributed by atoms with Gasteiger partial charge in [-0.3, -0.25) is 9.59 Å². The molecule has 4 rings (SSSR count). The lowest BCUT2D eigenvalue weighted by Crippen LogP contribution is -2.32. The van der Waals surface area contributed by atoms with E-state index in [1.807, 2.05) is 31.2 Å². The quantitative estimate of drug-likeness (QED) is 0.408. The number of ether oxygens (including phenoxy) is 1. The van der Waals surface area contributed by atoms with Crippen molar-refractivity contribution in [3.63, 3.8) is 0 Å². The smallest absolute Gasteiger partial charge is 0.407 e. The van der Waals surface area contributed by atoms with Gasteiger partial charge in [-0.05, 0) is 28.2 Å². The van der Waals surface area contributed by atoms with Gasteiger partial charge in [-0.2, -0.15) is 0 Å². The molecular weight excluding hydrogens is 450 g/mol. The summed E-state index contributed by atoms with van der Waals surface area (Å²) in [7, 11) is 0. The molecule has 3 aromatic rings. The fraction of sp³-hybridized carbons (Fsp3) is 0.320. The van der Waals surface area contributed by atoms with Gasteiger partial charge in [0.05, 0.1) is 12.7 Å². The number of amides is 2. The number of hydrogen-bond donors (Lipinski definition) is 3. The number of nitrogens with zero attached hydrogens (tertiary/aromatic N) is 3. The van der Waals surface area contributed by atoms with E-state index < -0.39 is 12.1 Å². The summed E-state index contributed by atoms with van der Waals surface area (Å²) in [5, 5.41) is 21.7. The maximum absolute atomic E-state index is 12.3. The van der Waals surface area contributed by atoms with Crippen molar-refractivity contribution < 1.29 is 24.2 Å². The number of carbonyl (C=O) groups excluding carboxylic acids is 2. The molecule has 2 aromatic carbocycles. The zero-order chi connectivity index (χ0) is 24.8. The molecule has 0 aliphatic heterocycles. The Morgan fingerprint density at radius 1 is 1.06 bits per heavy atom. The Balaban J connectivity index is 1.19. The van der Waals surface area contributed by atoms with Crippen LogP contribution >= 0.6 is 0 Å². The van der Waals surface area contributed by atoms with Gasteiger partial charge in [0.25, 0.3) is 0 Å². The van der Waals surface area contributed by atoms with E-state index in [0.29, 0.717) is 12.2 Å². The first-order valence-electron chi connectivity index (χ1n) is 11.4. The Bertz CT molecular complexity index is 1180. The summed E-state index contributed by atoms with van der Waals surface area (Å²) in [6, 6.07) is 16.3. The van der Waals surface area contributed by atoms with Crippen molar-refractivity contribution in [2.24, 2.45) is 5.92 Å². The molecule has 0 saturated heterocycles. The van der Waals surface area contributed by atoms with Gasteiger partial charge in [-0.1, -0.05) is 60.7 Å². The van der Waals surface area contributed by atoms with Gasteiger partial charge in [0.2, 0.25) is 5.91 Å². The molecule has 0 bridgehead atoms. The second kappa shape index (κ2) is 10.8. The number of carboxylic acid groups (broad SMARTS) is 1. The van der Waals surface area contributed by atoms with Crippen molar-refractivity contribution in [2.75, 3.05) is 13.2 Å². The lowest BCUT2D eigenvalue weighted by Gasteiger charge is -2.16. The van der Waals surface area contributed by atoms with Gasteiger partial charge in [-0.15, -0.1) is 5.10 Å². The van der Waals surface area contributed by atoms with Crippen molar-refractivity contribution >= 4 is 18.0 Å². The largest absolute Gasteiger partial charge is 0.480 e. The minimum atomic E-state index is -1.02. The van der Waals surface area contributed by atoms with Crippen LogP contribution in [-0.4, -0.2) is 51.2 Å². The Kier molecular flexibility index (Phi) is 7.39. The molecule has 1 aromatic heterocycles. The molecular formula is C25H27N5O5. The highest BCUT2D eigenvalue weighted by atomic mass is 16.5. The van der Waals surface area contributed by atoms with E-state index in [1.165, 1.54) is 22.0 Å². The second-order valence-electron chi connectivity index (χ2n) is 8.59. The number of carbonyl (C=O) groups is 3. The van der Waals surface area contributed by atoms with Gasteiger partial charge in [-0.25, -0.2) is 9.48 Å². The number of carboxylic acids is 1. The number of aromatic nitrogens is 3. The van der Waals surface area contributed by atoms with Crippen molar-refractivity contribution in [3.05, 3.63) is 71.5 Å². The van der Waals surface area contributed by atoms with Gasteiger partial charge in [0, 0.05) is 18.9 Å². The molecule has 1 aliphatic rings. The zero-order valence-corrected chi connectivity index (χ0v) is 19.3.